The van der Waals surface area contributed by atoms with E-state index in [9.17, 15) is 14.7 Å². The van der Waals surface area contributed by atoms with Crippen LogP contribution in [0.4, 0.5) is 0 Å². The first-order valence-electron chi connectivity index (χ1n) is 10.4. The third-order valence-electron chi connectivity index (χ3n) is 5.33. The van der Waals surface area contributed by atoms with Gasteiger partial charge < -0.3 is 14.8 Å². The zero-order valence-electron chi connectivity index (χ0n) is 17.2. The van der Waals surface area contributed by atoms with Crippen LogP contribution in [-0.4, -0.2) is 42.7 Å². The fraction of sp³-hybridized carbons (Fsp3) is 0.435. The Balaban J connectivity index is 1.90. The second-order valence-electron chi connectivity index (χ2n) is 7.60. The van der Waals surface area contributed by atoms with E-state index in [0.29, 0.717) is 23.8 Å². The van der Waals surface area contributed by atoms with Crippen LogP contribution in [0.15, 0.2) is 36.0 Å². The molecule has 1 aliphatic rings. The van der Waals surface area contributed by atoms with E-state index in [0.717, 1.165) is 54.9 Å². The first-order valence-corrected chi connectivity index (χ1v) is 11.4. The number of carboxylic acid groups (broad SMARTS) is 2. The first kappa shape index (κ1) is 22.2. The number of benzene rings is 1. The average molecular weight is 429 g/mol. The first-order chi connectivity index (χ1) is 14.5. The van der Waals surface area contributed by atoms with Gasteiger partial charge in [0.15, 0.2) is 0 Å². The molecule has 2 heterocycles. The number of carbonyl (C=O) groups is 2. The Kier molecular flexibility index (Phi) is 7.74. The molecule has 0 amide bonds. The zero-order valence-corrected chi connectivity index (χ0v) is 18.0. The molecular formula is C23H28N2O4S. The molecule has 1 aliphatic heterocycles. The van der Waals surface area contributed by atoms with E-state index in [1.165, 1.54) is 0 Å². The molecule has 1 aromatic carbocycles. The van der Waals surface area contributed by atoms with Gasteiger partial charge in [0.1, 0.15) is 5.82 Å². The van der Waals surface area contributed by atoms with Gasteiger partial charge in [0.2, 0.25) is 0 Å². The fourth-order valence-corrected chi connectivity index (χ4v) is 4.93. The van der Waals surface area contributed by atoms with Gasteiger partial charge in [-0.25, -0.2) is 14.6 Å². The molecule has 0 saturated carbocycles. The lowest BCUT2D eigenvalue weighted by Gasteiger charge is -2.13. The maximum absolute atomic E-state index is 11.9. The summed E-state index contributed by atoms with van der Waals surface area (Å²) < 4.78 is 2.05. The number of imidazole rings is 1. The molecular weight excluding hydrogens is 400 g/mol. The van der Waals surface area contributed by atoms with Crippen molar-refractivity contribution in [2.75, 3.05) is 5.75 Å². The van der Waals surface area contributed by atoms with E-state index in [-0.39, 0.29) is 5.56 Å². The summed E-state index contributed by atoms with van der Waals surface area (Å²) in [4.78, 5) is 27.5. The minimum Gasteiger partial charge on any atom is -0.478 e. The molecule has 6 nitrogen and oxygen atoms in total. The normalized spacial score (nSPS) is 16.7. The lowest BCUT2D eigenvalue weighted by molar-refractivity contribution is -0.132. The van der Waals surface area contributed by atoms with E-state index in [4.69, 9.17) is 5.11 Å². The molecule has 7 heteroatoms. The van der Waals surface area contributed by atoms with Gasteiger partial charge in [0.05, 0.1) is 17.5 Å². The van der Waals surface area contributed by atoms with Crippen molar-refractivity contribution in [2.24, 2.45) is 0 Å². The zero-order chi connectivity index (χ0) is 21.5. The van der Waals surface area contributed by atoms with Crippen molar-refractivity contribution in [3.63, 3.8) is 0 Å². The predicted octanol–water partition coefficient (Wildman–Crippen LogP) is 4.73. The fourth-order valence-electron chi connectivity index (χ4n) is 3.63. The van der Waals surface area contributed by atoms with Gasteiger partial charge in [-0.3, -0.25) is 0 Å². The number of unbranched alkanes of at least 4 members (excludes halogenated alkanes) is 1. The van der Waals surface area contributed by atoms with E-state index in [2.05, 4.69) is 16.5 Å². The van der Waals surface area contributed by atoms with E-state index in [1.807, 2.05) is 11.8 Å². The smallest absolute Gasteiger partial charge is 0.335 e. The molecule has 160 valence electrons. The van der Waals surface area contributed by atoms with Gasteiger partial charge in [0, 0.05) is 23.8 Å². The van der Waals surface area contributed by atoms with Gasteiger partial charge >= 0.3 is 11.9 Å². The number of nitrogens with zero attached hydrogens (tertiary/aromatic N) is 2. The SMILES string of the molecule is CCCCc1ncc(/C=C(\CC2CCCS2)C(=O)O)n1Cc1ccc(C(=O)O)cc1. The minimum atomic E-state index is -0.952. The van der Waals surface area contributed by atoms with Crippen molar-refractivity contribution in [3.8, 4) is 0 Å². The highest BCUT2D eigenvalue weighted by Gasteiger charge is 2.21. The summed E-state index contributed by atoms with van der Waals surface area (Å²) in [5.41, 5.74) is 2.40. The highest BCUT2D eigenvalue weighted by molar-refractivity contribution is 8.00. The van der Waals surface area contributed by atoms with Crippen LogP contribution in [0.5, 0.6) is 0 Å². The molecule has 0 spiro atoms. The van der Waals surface area contributed by atoms with E-state index in [1.54, 1.807) is 36.5 Å². The van der Waals surface area contributed by atoms with Crippen LogP contribution < -0.4 is 0 Å². The molecule has 1 aromatic heterocycles. The largest absolute Gasteiger partial charge is 0.478 e. The molecule has 1 atom stereocenters. The van der Waals surface area contributed by atoms with Crippen molar-refractivity contribution in [1.82, 2.24) is 9.55 Å². The van der Waals surface area contributed by atoms with Gasteiger partial charge in [0.25, 0.3) is 0 Å². The summed E-state index contributed by atoms with van der Waals surface area (Å²) in [6.07, 6.45) is 9.14. The van der Waals surface area contributed by atoms with Crippen molar-refractivity contribution < 1.29 is 19.8 Å². The van der Waals surface area contributed by atoms with Crippen molar-refractivity contribution >= 4 is 29.8 Å². The maximum atomic E-state index is 11.9. The third-order valence-corrected chi connectivity index (χ3v) is 6.73. The number of carboxylic acids is 2. The summed E-state index contributed by atoms with van der Waals surface area (Å²) in [5.74, 6) is 0.192. The van der Waals surface area contributed by atoms with Gasteiger partial charge in [-0.05, 0) is 55.2 Å². The third kappa shape index (κ3) is 5.75. The molecule has 1 saturated heterocycles. The van der Waals surface area contributed by atoms with Crippen molar-refractivity contribution in [3.05, 3.63) is 58.7 Å². The maximum Gasteiger partial charge on any atom is 0.335 e. The Hall–Kier alpha value is -2.54. The molecule has 30 heavy (non-hydrogen) atoms. The second-order valence-corrected chi connectivity index (χ2v) is 9.01. The topological polar surface area (TPSA) is 92.4 Å². The highest BCUT2D eigenvalue weighted by Crippen LogP contribution is 2.31. The number of thioether (sulfide) groups is 1. The Bertz CT molecular complexity index is 912. The number of rotatable bonds is 10. The van der Waals surface area contributed by atoms with E-state index < -0.39 is 11.9 Å². The lowest BCUT2D eigenvalue weighted by atomic mass is 10.1. The second kappa shape index (κ2) is 10.5. The molecule has 0 aliphatic carbocycles. The molecule has 0 radical (unpaired) electrons. The quantitative estimate of drug-likeness (QED) is 0.532. The summed E-state index contributed by atoms with van der Waals surface area (Å²) in [7, 11) is 0. The average Bonchev–Trinajstić information content (AvgIpc) is 3.37. The van der Waals surface area contributed by atoms with Crippen LogP contribution >= 0.6 is 11.8 Å². The van der Waals surface area contributed by atoms with Gasteiger partial charge in [-0.15, -0.1) is 0 Å². The number of hydrogen-bond acceptors (Lipinski definition) is 4. The van der Waals surface area contributed by atoms with Crippen LogP contribution in [0.1, 0.15) is 66.5 Å². The van der Waals surface area contributed by atoms with Crippen LogP contribution in [0.3, 0.4) is 0 Å². The Labute approximate surface area is 181 Å². The molecule has 2 N–H and O–H groups in total. The highest BCUT2D eigenvalue weighted by atomic mass is 32.2. The minimum absolute atomic E-state index is 0.248. The Morgan fingerprint density at radius 2 is 2.03 bits per heavy atom. The summed E-state index contributed by atoms with van der Waals surface area (Å²) in [6, 6.07) is 6.79. The van der Waals surface area contributed by atoms with Gasteiger partial charge in [-0.1, -0.05) is 25.5 Å². The van der Waals surface area contributed by atoms with Crippen molar-refractivity contribution in [2.45, 2.75) is 57.2 Å². The number of aliphatic carboxylic acids is 1. The van der Waals surface area contributed by atoms with Crippen molar-refractivity contribution in [1.29, 1.82) is 0 Å². The van der Waals surface area contributed by atoms with Gasteiger partial charge in [-0.2, -0.15) is 11.8 Å². The Morgan fingerprint density at radius 1 is 1.27 bits per heavy atom. The molecule has 3 rings (SSSR count). The molecule has 1 fully saturated rings. The lowest BCUT2D eigenvalue weighted by Crippen LogP contribution is -2.10. The number of aromatic carboxylic acids is 1. The molecule has 0 bridgehead atoms. The van der Waals surface area contributed by atoms with E-state index >= 15 is 0 Å². The van der Waals surface area contributed by atoms with Crippen LogP contribution in [-0.2, 0) is 17.8 Å². The summed E-state index contributed by atoms with van der Waals surface area (Å²) >= 11 is 1.85. The summed E-state index contributed by atoms with van der Waals surface area (Å²) in [6.45, 7) is 2.65. The molecule has 2 aromatic rings. The van der Waals surface area contributed by atoms with Crippen LogP contribution in [0, 0.1) is 0 Å². The standard InChI is InChI=1S/C23H28N2O4S/c1-2-3-6-21-24-14-19(12-18(23(28)29)13-20-5-4-11-30-20)25(21)15-16-7-9-17(10-8-16)22(26)27/h7-10,12,14,20H,2-6,11,13,15H2,1H3,(H,26,27)(H,28,29)/b18-12+. The van der Waals surface area contributed by atoms with Crippen LogP contribution in [0.2, 0.25) is 0 Å². The monoisotopic (exact) mass is 428 g/mol. The molecule has 1 unspecified atom stereocenters. The number of aromatic nitrogens is 2. The van der Waals surface area contributed by atoms with Crippen LogP contribution in [0.25, 0.3) is 6.08 Å². The number of aryl methyl sites for hydroxylation is 1. The predicted molar refractivity (Wildman–Crippen MR) is 119 cm³/mol. The Morgan fingerprint density at radius 3 is 2.63 bits per heavy atom. The summed E-state index contributed by atoms with van der Waals surface area (Å²) in [5, 5.41) is 19.2. The number of hydrogen-bond donors (Lipinski definition) is 2.